The van der Waals surface area contributed by atoms with E-state index in [0.29, 0.717) is 37.1 Å². The zero-order chi connectivity index (χ0) is 26.7. The molecule has 0 saturated carbocycles. The number of hydrogen-bond acceptors (Lipinski definition) is 7. The maximum absolute atomic E-state index is 12.9. The minimum absolute atomic E-state index is 0.00700. The van der Waals surface area contributed by atoms with Gasteiger partial charge in [0.15, 0.2) is 11.5 Å². The summed E-state index contributed by atoms with van der Waals surface area (Å²) in [7, 11) is 1.49. The number of rotatable bonds is 8. The summed E-state index contributed by atoms with van der Waals surface area (Å²) in [6.45, 7) is 0.179. The number of methoxy groups -OCH3 is 1. The molecule has 4 rings (SSSR count). The molecule has 0 radical (unpaired) electrons. The number of nitro benzene ring substituents is 1. The topological polar surface area (TPSA) is 99.0 Å². The number of imide groups is 1. The van der Waals surface area contributed by atoms with Crippen LogP contribution in [0.4, 0.5) is 10.5 Å². The maximum Gasteiger partial charge on any atom is 0.293 e. The lowest BCUT2D eigenvalue weighted by Gasteiger charge is -2.14. The van der Waals surface area contributed by atoms with Gasteiger partial charge in [-0.2, -0.15) is 0 Å². The molecule has 1 heterocycles. The quantitative estimate of drug-likeness (QED) is 0.146. The van der Waals surface area contributed by atoms with Crippen molar-refractivity contribution in [2.75, 3.05) is 7.11 Å². The summed E-state index contributed by atoms with van der Waals surface area (Å²) in [6.07, 6.45) is 1.59. The third-order valence-electron chi connectivity index (χ3n) is 5.30. The first-order valence-corrected chi connectivity index (χ1v) is 13.0. The summed E-state index contributed by atoms with van der Waals surface area (Å²) in [5.41, 5.74) is 1.88. The fraction of sp³-hybridized carbons (Fsp3) is 0.120. The van der Waals surface area contributed by atoms with Gasteiger partial charge >= 0.3 is 0 Å². The highest BCUT2D eigenvalue weighted by Gasteiger charge is 2.35. The van der Waals surface area contributed by atoms with E-state index in [1.54, 1.807) is 36.4 Å². The summed E-state index contributed by atoms with van der Waals surface area (Å²) in [5, 5.41) is 11.4. The van der Waals surface area contributed by atoms with Gasteiger partial charge in [0.1, 0.15) is 6.61 Å². The zero-order valence-corrected chi connectivity index (χ0v) is 23.0. The van der Waals surface area contributed by atoms with Crippen molar-refractivity contribution in [1.29, 1.82) is 0 Å². The lowest BCUT2D eigenvalue weighted by atomic mass is 10.1. The molecule has 1 aliphatic heterocycles. The molecule has 0 aromatic heterocycles. The largest absolute Gasteiger partial charge is 0.493 e. The monoisotopic (exact) mass is 622 g/mol. The van der Waals surface area contributed by atoms with Gasteiger partial charge in [-0.25, -0.2) is 0 Å². The number of carbonyl (C=O) groups is 2. The molecule has 0 unspecified atom stereocenters. The maximum atomic E-state index is 12.9. The molecule has 0 atom stereocenters. The molecule has 3 aromatic rings. The van der Waals surface area contributed by atoms with Crippen LogP contribution in [0.3, 0.4) is 0 Å². The first-order valence-electron chi connectivity index (χ1n) is 10.6. The Hall–Kier alpha value is -3.05. The van der Waals surface area contributed by atoms with Crippen molar-refractivity contribution in [1.82, 2.24) is 4.90 Å². The summed E-state index contributed by atoms with van der Waals surface area (Å²) in [5.74, 6) is 0.397. The molecule has 37 heavy (non-hydrogen) atoms. The number of thioether (sulfide) groups is 1. The third kappa shape index (κ3) is 6.27. The predicted molar refractivity (Wildman–Crippen MR) is 146 cm³/mol. The molecule has 2 amide bonds. The smallest absolute Gasteiger partial charge is 0.293 e. The molecular formula is C25H17BrCl2N2O6S. The minimum Gasteiger partial charge on any atom is -0.493 e. The van der Waals surface area contributed by atoms with Crippen molar-refractivity contribution >= 4 is 73.8 Å². The summed E-state index contributed by atoms with van der Waals surface area (Å²) in [6, 6.07) is 14.2. The number of benzene rings is 3. The van der Waals surface area contributed by atoms with E-state index in [1.165, 1.54) is 31.4 Å². The molecule has 1 aliphatic rings. The lowest BCUT2D eigenvalue weighted by molar-refractivity contribution is -0.384. The third-order valence-corrected chi connectivity index (χ3v) is 7.38. The lowest BCUT2D eigenvalue weighted by Crippen LogP contribution is -2.27. The Balaban J connectivity index is 1.51. The number of non-ortho nitro benzene ring substituents is 1. The van der Waals surface area contributed by atoms with E-state index in [9.17, 15) is 19.7 Å². The fourth-order valence-electron chi connectivity index (χ4n) is 3.45. The molecule has 190 valence electrons. The van der Waals surface area contributed by atoms with Gasteiger partial charge in [0.25, 0.3) is 16.8 Å². The van der Waals surface area contributed by atoms with Crippen LogP contribution in [0.15, 0.2) is 64.0 Å². The average Bonchev–Trinajstić information content (AvgIpc) is 3.11. The Labute approximate surface area is 234 Å². The number of nitrogens with zero attached hydrogens (tertiary/aromatic N) is 2. The van der Waals surface area contributed by atoms with Crippen LogP contribution in [0, 0.1) is 10.1 Å². The molecule has 0 N–H and O–H groups in total. The molecular weight excluding hydrogens is 607 g/mol. The van der Waals surface area contributed by atoms with Crippen molar-refractivity contribution in [3.63, 3.8) is 0 Å². The van der Waals surface area contributed by atoms with Gasteiger partial charge in [-0.05, 0) is 69.2 Å². The van der Waals surface area contributed by atoms with E-state index >= 15 is 0 Å². The summed E-state index contributed by atoms with van der Waals surface area (Å²) in [4.78, 5) is 37.1. The van der Waals surface area contributed by atoms with Gasteiger partial charge < -0.3 is 9.47 Å². The minimum atomic E-state index is -0.512. The molecule has 0 aliphatic carbocycles. The molecule has 8 nitrogen and oxygen atoms in total. The van der Waals surface area contributed by atoms with Gasteiger partial charge in [-0.3, -0.25) is 24.6 Å². The first kappa shape index (κ1) is 27.0. The van der Waals surface area contributed by atoms with E-state index in [2.05, 4.69) is 15.9 Å². The summed E-state index contributed by atoms with van der Waals surface area (Å²) >= 11 is 16.5. The molecule has 0 bridgehead atoms. The zero-order valence-electron chi connectivity index (χ0n) is 19.1. The average molecular weight is 624 g/mol. The van der Waals surface area contributed by atoms with Crippen molar-refractivity contribution in [2.45, 2.75) is 13.2 Å². The molecule has 3 aromatic carbocycles. The number of nitro groups is 1. The number of halogens is 3. The normalized spacial score (nSPS) is 14.4. The molecule has 1 fully saturated rings. The molecule has 1 saturated heterocycles. The van der Waals surface area contributed by atoms with Crippen molar-refractivity contribution in [3.05, 3.63) is 101 Å². The van der Waals surface area contributed by atoms with E-state index in [-0.39, 0.29) is 23.7 Å². The van der Waals surface area contributed by atoms with Crippen LogP contribution >= 0.6 is 50.9 Å². The van der Waals surface area contributed by atoms with E-state index in [4.69, 9.17) is 32.7 Å². The molecule has 0 spiro atoms. The van der Waals surface area contributed by atoms with Crippen molar-refractivity contribution < 1.29 is 24.0 Å². The van der Waals surface area contributed by atoms with Gasteiger partial charge in [-0.15, -0.1) is 0 Å². The van der Waals surface area contributed by atoms with E-state index in [0.717, 1.165) is 22.2 Å². The second-order valence-corrected chi connectivity index (χ2v) is 10.4. The van der Waals surface area contributed by atoms with E-state index in [1.807, 2.05) is 0 Å². The Morgan fingerprint density at radius 1 is 1.11 bits per heavy atom. The van der Waals surface area contributed by atoms with Crippen LogP contribution < -0.4 is 9.47 Å². The van der Waals surface area contributed by atoms with Crippen LogP contribution in [-0.4, -0.2) is 28.1 Å². The fourth-order valence-corrected chi connectivity index (χ4v) is 5.32. The second kappa shape index (κ2) is 11.6. The summed E-state index contributed by atoms with van der Waals surface area (Å²) < 4.78 is 12.0. The van der Waals surface area contributed by atoms with Crippen molar-refractivity contribution in [3.8, 4) is 11.5 Å². The Bertz CT molecular complexity index is 1430. The number of hydrogen-bond donors (Lipinski definition) is 0. The van der Waals surface area contributed by atoms with Gasteiger partial charge in [0.05, 0.1) is 28.0 Å². The predicted octanol–water partition coefficient (Wildman–Crippen LogP) is 7.49. The number of amides is 2. The number of carbonyl (C=O) groups excluding carboxylic acids is 2. The van der Waals surface area contributed by atoms with Crippen LogP contribution in [0.5, 0.6) is 11.5 Å². The number of ether oxygens (including phenoxy) is 2. The van der Waals surface area contributed by atoms with Crippen LogP contribution in [0.2, 0.25) is 10.0 Å². The Kier molecular flexibility index (Phi) is 8.43. The van der Waals surface area contributed by atoms with Crippen LogP contribution in [0.1, 0.15) is 16.7 Å². The van der Waals surface area contributed by atoms with Gasteiger partial charge in [0, 0.05) is 27.7 Å². The van der Waals surface area contributed by atoms with Gasteiger partial charge in [-0.1, -0.05) is 41.4 Å². The highest BCUT2D eigenvalue weighted by Crippen LogP contribution is 2.40. The SMILES string of the molecule is COc1cc(C=C2SC(=O)N(Cc3ccc([N+](=O)[O-])cc3)C2=O)cc(Br)c1OCc1ccc(Cl)cc1Cl. The highest BCUT2D eigenvalue weighted by atomic mass is 79.9. The Morgan fingerprint density at radius 3 is 2.49 bits per heavy atom. The van der Waals surface area contributed by atoms with Gasteiger partial charge in [0.2, 0.25) is 0 Å². The highest BCUT2D eigenvalue weighted by molar-refractivity contribution is 9.10. The van der Waals surface area contributed by atoms with Crippen LogP contribution in [0.25, 0.3) is 6.08 Å². The Morgan fingerprint density at radius 2 is 1.84 bits per heavy atom. The second-order valence-electron chi connectivity index (χ2n) is 7.75. The molecule has 12 heteroatoms. The standard InChI is InChI=1S/C25H17BrCl2N2O6S/c1-35-21-9-15(8-19(26)23(21)36-13-16-4-5-17(27)11-20(16)28)10-22-24(31)29(25(32)37-22)12-14-2-6-18(7-3-14)30(33)34/h2-11H,12-13H2,1H3. The van der Waals surface area contributed by atoms with Crippen LogP contribution in [-0.2, 0) is 17.9 Å². The first-order chi connectivity index (χ1) is 17.7. The van der Waals surface area contributed by atoms with Crippen molar-refractivity contribution in [2.24, 2.45) is 0 Å². The van der Waals surface area contributed by atoms with E-state index < -0.39 is 16.1 Å².